The van der Waals surface area contributed by atoms with Crippen LogP contribution in [0.1, 0.15) is 51.6 Å². The van der Waals surface area contributed by atoms with Crippen molar-refractivity contribution >= 4 is 28.7 Å². The van der Waals surface area contributed by atoms with Gasteiger partial charge in [0.15, 0.2) is 12.5 Å². The molecule has 218 valence electrons. The van der Waals surface area contributed by atoms with Gasteiger partial charge in [0, 0.05) is 36.4 Å². The minimum Gasteiger partial charge on any atom is -0.618 e. The van der Waals surface area contributed by atoms with Crippen LogP contribution in [-0.4, -0.2) is 32.8 Å². The molecule has 0 aliphatic carbocycles. The van der Waals surface area contributed by atoms with Crippen molar-refractivity contribution in [1.29, 1.82) is 0 Å². The quantitative estimate of drug-likeness (QED) is 0.139. The zero-order valence-electron chi connectivity index (χ0n) is 23.2. The van der Waals surface area contributed by atoms with Crippen molar-refractivity contribution in [3.05, 3.63) is 137 Å². The van der Waals surface area contributed by atoms with E-state index in [1.54, 1.807) is 12.1 Å². The molecule has 43 heavy (non-hydrogen) atoms. The molecule has 3 unspecified atom stereocenters. The number of carbonyl (C=O) groups is 1. The van der Waals surface area contributed by atoms with Crippen molar-refractivity contribution in [3.63, 3.8) is 0 Å². The number of benzene rings is 3. The second-order valence-electron chi connectivity index (χ2n) is 10.2. The molecule has 0 saturated carbocycles. The largest absolute Gasteiger partial charge is 0.618 e. The van der Waals surface area contributed by atoms with Crippen LogP contribution in [0.3, 0.4) is 0 Å². The Kier molecular flexibility index (Phi) is 8.90. The first-order valence-electron chi connectivity index (χ1n) is 14.0. The van der Waals surface area contributed by atoms with Crippen LogP contribution >= 0.6 is 11.8 Å². The summed E-state index contributed by atoms with van der Waals surface area (Å²) >= 11 is 1.45. The van der Waals surface area contributed by atoms with Crippen LogP contribution < -0.4 is 10.0 Å². The number of nitrogens with zero attached hydrogens (tertiary/aromatic N) is 3. The van der Waals surface area contributed by atoms with Crippen molar-refractivity contribution in [2.75, 3.05) is 5.75 Å². The van der Waals surface area contributed by atoms with Crippen LogP contribution in [0.4, 0.5) is 0 Å². The topological polar surface area (TPSA) is 121 Å². The molecule has 3 heterocycles. The number of ether oxygens (including phenoxy) is 2. The molecule has 1 fully saturated rings. The molecule has 5 aromatic rings. The van der Waals surface area contributed by atoms with Gasteiger partial charge < -0.3 is 25.1 Å². The van der Waals surface area contributed by atoms with E-state index in [1.807, 2.05) is 78.9 Å². The molecule has 10 heteroatoms. The van der Waals surface area contributed by atoms with Crippen molar-refractivity contribution < 1.29 is 24.1 Å². The molecular weight excluding hydrogens is 564 g/mol. The molecule has 3 aromatic carbocycles. The third-order valence-corrected chi connectivity index (χ3v) is 8.36. The summed E-state index contributed by atoms with van der Waals surface area (Å²) in [6.45, 7) is 0.302. The fourth-order valence-corrected chi connectivity index (χ4v) is 5.79. The number of carbonyl (C=O) groups excluding carboxylic acids is 1. The van der Waals surface area contributed by atoms with E-state index in [4.69, 9.17) is 9.47 Å². The van der Waals surface area contributed by atoms with Gasteiger partial charge in [-0.3, -0.25) is 9.78 Å². The van der Waals surface area contributed by atoms with Gasteiger partial charge in [0.25, 0.3) is 10.9 Å². The Morgan fingerprint density at radius 2 is 1.65 bits per heavy atom. The van der Waals surface area contributed by atoms with Gasteiger partial charge in [-0.15, -0.1) is 0 Å². The maximum absolute atomic E-state index is 12.7. The second kappa shape index (κ2) is 13.3. The number of rotatable bonds is 9. The van der Waals surface area contributed by atoms with Crippen LogP contribution in [0.25, 0.3) is 11.0 Å². The van der Waals surface area contributed by atoms with Gasteiger partial charge in [-0.2, -0.15) is 4.73 Å². The number of aromatic nitrogens is 3. The van der Waals surface area contributed by atoms with Gasteiger partial charge in [0.05, 0.1) is 36.0 Å². The lowest BCUT2D eigenvalue weighted by Gasteiger charge is -2.36. The van der Waals surface area contributed by atoms with Gasteiger partial charge in [-0.1, -0.05) is 72.4 Å². The van der Waals surface area contributed by atoms with Crippen LogP contribution in [0, 0.1) is 5.21 Å². The predicted molar refractivity (Wildman–Crippen MR) is 162 cm³/mol. The third-order valence-electron chi connectivity index (χ3n) is 7.21. The summed E-state index contributed by atoms with van der Waals surface area (Å²) in [4.78, 5) is 21.4. The molecule has 0 spiro atoms. The normalized spacial score (nSPS) is 18.4. The first kappa shape index (κ1) is 28.8. The number of aliphatic hydroxyl groups is 1. The molecule has 6 rings (SSSR count). The summed E-state index contributed by atoms with van der Waals surface area (Å²) in [5.74, 6) is 0.286. The van der Waals surface area contributed by atoms with Gasteiger partial charge >= 0.3 is 0 Å². The highest BCUT2D eigenvalue weighted by molar-refractivity contribution is 7.99. The van der Waals surface area contributed by atoms with Crippen molar-refractivity contribution in [3.8, 4) is 0 Å². The number of nitrogens with one attached hydrogen (secondary N) is 1. The first-order valence-corrected chi connectivity index (χ1v) is 14.9. The minimum atomic E-state index is -0.617. The van der Waals surface area contributed by atoms with Gasteiger partial charge in [0.2, 0.25) is 0 Å². The lowest BCUT2D eigenvalue weighted by molar-refractivity contribution is -0.645. The Bertz CT molecular complexity index is 1700. The molecular formula is C33H30N4O5S. The molecule has 1 aliphatic heterocycles. The Labute approximate surface area is 253 Å². The average molecular weight is 595 g/mol. The highest BCUT2D eigenvalue weighted by Gasteiger charge is 2.32. The van der Waals surface area contributed by atoms with E-state index in [0.717, 1.165) is 32.5 Å². The van der Waals surface area contributed by atoms with E-state index in [2.05, 4.69) is 15.3 Å². The van der Waals surface area contributed by atoms with Crippen LogP contribution in [0.2, 0.25) is 0 Å². The van der Waals surface area contributed by atoms with Gasteiger partial charge in [0.1, 0.15) is 5.69 Å². The van der Waals surface area contributed by atoms with Crippen molar-refractivity contribution in [1.82, 2.24) is 15.3 Å². The van der Waals surface area contributed by atoms with Crippen molar-refractivity contribution in [2.45, 2.75) is 43.1 Å². The minimum absolute atomic E-state index is 0.0223. The highest BCUT2D eigenvalue weighted by atomic mass is 32.2. The number of para-hydroxylation sites is 2. The van der Waals surface area contributed by atoms with E-state index >= 15 is 0 Å². The predicted octanol–water partition coefficient (Wildman–Crippen LogP) is 5.02. The summed E-state index contributed by atoms with van der Waals surface area (Å²) in [6.07, 6.45) is 2.57. The SMILES string of the molecule is O=C(NCc1ccc(C2OC(CSc3cccc[n+]3[O-])CC(c3ccc(CO)cc3)O2)cc1)c1cnc2ccccc2n1. The summed E-state index contributed by atoms with van der Waals surface area (Å²) in [5, 5.41) is 25.1. The number of fused-ring (bicyclic) bond motifs is 1. The number of aliphatic hydroxyl groups excluding tert-OH is 1. The lowest BCUT2D eigenvalue weighted by Crippen LogP contribution is -2.32. The van der Waals surface area contributed by atoms with Gasteiger partial charge in [-0.25, -0.2) is 4.98 Å². The summed E-state index contributed by atoms with van der Waals surface area (Å²) in [7, 11) is 0. The van der Waals surface area contributed by atoms with E-state index < -0.39 is 6.29 Å². The smallest absolute Gasteiger partial charge is 0.271 e. The molecule has 9 nitrogen and oxygen atoms in total. The van der Waals surface area contributed by atoms with E-state index in [1.165, 1.54) is 24.2 Å². The standard InChI is InChI=1S/C33H30N4O5S/c38-20-23-10-12-24(13-11-23)30-17-26(21-43-31-7-3-4-16-37(31)40)41-33(42-30)25-14-8-22(9-15-25)18-35-32(39)29-19-34-27-5-1-2-6-28(27)36-29/h1-16,19,26,30,33,38H,17-18,20-21H2,(H,35,39). The summed E-state index contributed by atoms with van der Waals surface area (Å²) in [5.41, 5.74) is 5.26. The number of thioether (sulfide) groups is 1. The molecule has 1 saturated heterocycles. The Morgan fingerprint density at radius 3 is 2.42 bits per heavy atom. The summed E-state index contributed by atoms with van der Waals surface area (Å²) < 4.78 is 13.7. The van der Waals surface area contributed by atoms with Crippen LogP contribution in [0.5, 0.6) is 0 Å². The zero-order chi connectivity index (χ0) is 29.6. The second-order valence-corrected chi connectivity index (χ2v) is 11.2. The lowest BCUT2D eigenvalue weighted by atomic mass is 10.0. The average Bonchev–Trinajstić information content (AvgIpc) is 3.06. The third kappa shape index (κ3) is 7.00. The summed E-state index contributed by atoms with van der Waals surface area (Å²) in [6, 6.07) is 28.2. The van der Waals surface area contributed by atoms with E-state index in [0.29, 0.717) is 29.3 Å². The van der Waals surface area contributed by atoms with E-state index in [-0.39, 0.29) is 30.4 Å². The monoisotopic (exact) mass is 594 g/mol. The Hall–Kier alpha value is -4.35. The maximum atomic E-state index is 12.7. The van der Waals surface area contributed by atoms with Gasteiger partial charge in [-0.05, 0) is 34.9 Å². The maximum Gasteiger partial charge on any atom is 0.271 e. The zero-order valence-corrected chi connectivity index (χ0v) is 24.0. The highest BCUT2D eigenvalue weighted by Crippen LogP contribution is 2.39. The number of hydrogen-bond acceptors (Lipinski definition) is 8. The fourth-order valence-electron chi connectivity index (χ4n) is 4.86. The molecule has 2 N–H and O–H groups in total. The molecule has 2 aromatic heterocycles. The molecule has 1 amide bonds. The first-order chi connectivity index (χ1) is 21.1. The Balaban J connectivity index is 1.13. The van der Waals surface area contributed by atoms with Crippen molar-refractivity contribution in [2.24, 2.45) is 0 Å². The molecule has 0 bridgehead atoms. The Morgan fingerprint density at radius 1 is 0.930 bits per heavy atom. The number of pyridine rings is 1. The van der Waals surface area contributed by atoms with Crippen LogP contribution in [-0.2, 0) is 22.6 Å². The number of amides is 1. The number of hydrogen-bond donors (Lipinski definition) is 2. The molecule has 3 atom stereocenters. The molecule has 1 aliphatic rings. The fraction of sp³-hybridized carbons (Fsp3) is 0.212. The molecule has 0 radical (unpaired) electrons. The van der Waals surface area contributed by atoms with E-state index in [9.17, 15) is 15.1 Å². The van der Waals surface area contributed by atoms with Crippen LogP contribution in [0.15, 0.2) is 108 Å².